The Labute approximate surface area is 144 Å². The van der Waals surface area contributed by atoms with Gasteiger partial charge in [-0.2, -0.15) is 0 Å². The van der Waals surface area contributed by atoms with Gasteiger partial charge in [0.1, 0.15) is 0 Å². The molecule has 1 aromatic heterocycles. The SMILES string of the molecule is Cc1ccc(CN2C[C@H](CO)[C@H](CN3C[C@@H](C)O[C@@H](C)C3)C2)s1. The number of ether oxygens (including phenoxy) is 1. The summed E-state index contributed by atoms with van der Waals surface area (Å²) in [7, 11) is 0. The van der Waals surface area contributed by atoms with Crippen molar-refractivity contribution in [3.63, 3.8) is 0 Å². The van der Waals surface area contributed by atoms with E-state index in [1.807, 2.05) is 11.3 Å². The Morgan fingerprint density at radius 3 is 2.39 bits per heavy atom. The zero-order valence-electron chi connectivity index (χ0n) is 14.6. The van der Waals surface area contributed by atoms with Crippen LogP contribution < -0.4 is 0 Å². The molecule has 1 aromatic rings. The van der Waals surface area contributed by atoms with E-state index >= 15 is 0 Å². The lowest BCUT2D eigenvalue weighted by molar-refractivity contribution is -0.0727. The molecule has 1 N–H and O–H groups in total. The highest BCUT2D eigenvalue weighted by Gasteiger charge is 2.35. The summed E-state index contributed by atoms with van der Waals surface area (Å²) in [4.78, 5) is 7.87. The third kappa shape index (κ3) is 4.54. The second-order valence-electron chi connectivity index (χ2n) is 7.39. The third-order valence-electron chi connectivity index (χ3n) is 5.05. The highest BCUT2D eigenvalue weighted by molar-refractivity contribution is 7.11. The van der Waals surface area contributed by atoms with Crippen LogP contribution in [0.15, 0.2) is 12.1 Å². The van der Waals surface area contributed by atoms with Gasteiger partial charge in [0.15, 0.2) is 0 Å². The fourth-order valence-electron chi connectivity index (χ4n) is 4.13. The van der Waals surface area contributed by atoms with Crippen molar-refractivity contribution in [2.75, 3.05) is 39.3 Å². The molecule has 2 saturated heterocycles. The molecule has 0 amide bonds. The fourth-order valence-corrected chi connectivity index (χ4v) is 5.07. The molecule has 2 aliphatic heterocycles. The molecule has 23 heavy (non-hydrogen) atoms. The molecular weight excluding hydrogens is 308 g/mol. The lowest BCUT2D eigenvalue weighted by Gasteiger charge is -2.37. The summed E-state index contributed by atoms with van der Waals surface area (Å²) >= 11 is 1.89. The van der Waals surface area contributed by atoms with E-state index in [4.69, 9.17) is 4.74 Å². The molecule has 0 spiro atoms. The standard InChI is InChI=1S/C18H30N2O2S/c1-13-6-19(7-14(2)22-13)8-16-9-20(10-17(16)12-21)11-18-5-4-15(3)23-18/h4-5,13-14,16-17,21H,6-12H2,1-3H3/t13-,14+,16-,17-/m1/s1. The van der Waals surface area contributed by atoms with Gasteiger partial charge in [-0.1, -0.05) is 0 Å². The predicted molar refractivity (Wildman–Crippen MR) is 94.8 cm³/mol. The second-order valence-corrected chi connectivity index (χ2v) is 8.76. The molecule has 0 radical (unpaired) electrons. The number of likely N-dealkylation sites (tertiary alicyclic amines) is 1. The first kappa shape index (κ1) is 17.4. The van der Waals surface area contributed by atoms with Crippen molar-refractivity contribution in [3.8, 4) is 0 Å². The first-order chi connectivity index (χ1) is 11.0. The second kappa shape index (κ2) is 7.62. The minimum atomic E-state index is 0.306. The molecular formula is C18H30N2O2S. The van der Waals surface area contributed by atoms with E-state index in [0.29, 0.717) is 30.7 Å². The number of aliphatic hydroxyl groups is 1. The molecule has 2 fully saturated rings. The van der Waals surface area contributed by atoms with Crippen LogP contribution in [0.5, 0.6) is 0 Å². The maximum Gasteiger partial charge on any atom is 0.0678 e. The number of nitrogens with zero attached hydrogens (tertiary/aromatic N) is 2. The van der Waals surface area contributed by atoms with Gasteiger partial charge >= 0.3 is 0 Å². The summed E-state index contributed by atoms with van der Waals surface area (Å²) < 4.78 is 5.84. The fraction of sp³-hybridized carbons (Fsp3) is 0.778. The van der Waals surface area contributed by atoms with Gasteiger partial charge in [0, 0.05) is 55.6 Å². The van der Waals surface area contributed by atoms with Crippen molar-refractivity contribution >= 4 is 11.3 Å². The zero-order valence-corrected chi connectivity index (χ0v) is 15.4. The molecule has 2 aliphatic rings. The van der Waals surface area contributed by atoms with E-state index in [1.54, 1.807) is 0 Å². The minimum Gasteiger partial charge on any atom is -0.396 e. The zero-order chi connectivity index (χ0) is 16.4. The van der Waals surface area contributed by atoms with Crippen LogP contribution in [0.2, 0.25) is 0 Å². The van der Waals surface area contributed by atoms with Crippen LogP contribution in [0.4, 0.5) is 0 Å². The normalized spacial score (nSPS) is 33.4. The molecule has 0 saturated carbocycles. The number of aryl methyl sites for hydroxylation is 1. The number of thiophene rings is 1. The quantitative estimate of drug-likeness (QED) is 0.893. The first-order valence-corrected chi connectivity index (χ1v) is 9.61. The Balaban J connectivity index is 1.56. The Morgan fingerprint density at radius 1 is 1.09 bits per heavy atom. The molecule has 0 bridgehead atoms. The van der Waals surface area contributed by atoms with Gasteiger partial charge in [0.2, 0.25) is 0 Å². The van der Waals surface area contributed by atoms with E-state index in [1.165, 1.54) is 9.75 Å². The van der Waals surface area contributed by atoms with Crippen LogP contribution in [-0.2, 0) is 11.3 Å². The molecule has 5 heteroatoms. The van der Waals surface area contributed by atoms with Crippen molar-refractivity contribution in [1.82, 2.24) is 9.80 Å². The molecule has 130 valence electrons. The van der Waals surface area contributed by atoms with Gasteiger partial charge in [-0.3, -0.25) is 9.80 Å². The van der Waals surface area contributed by atoms with Crippen molar-refractivity contribution < 1.29 is 9.84 Å². The molecule has 0 aromatic carbocycles. The van der Waals surface area contributed by atoms with E-state index < -0.39 is 0 Å². The molecule has 0 unspecified atom stereocenters. The topological polar surface area (TPSA) is 35.9 Å². The van der Waals surface area contributed by atoms with Gasteiger partial charge in [0.05, 0.1) is 12.2 Å². The van der Waals surface area contributed by atoms with Crippen LogP contribution >= 0.6 is 11.3 Å². The van der Waals surface area contributed by atoms with Crippen LogP contribution in [0.1, 0.15) is 23.6 Å². The van der Waals surface area contributed by atoms with E-state index in [2.05, 4.69) is 42.7 Å². The number of aliphatic hydroxyl groups excluding tert-OH is 1. The third-order valence-corrected chi connectivity index (χ3v) is 6.04. The Kier molecular flexibility index (Phi) is 5.75. The lowest BCUT2D eigenvalue weighted by Crippen LogP contribution is -2.48. The maximum atomic E-state index is 9.79. The summed E-state index contributed by atoms with van der Waals surface area (Å²) in [5.74, 6) is 0.975. The highest BCUT2D eigenvalue weighted by atomic mass is 32.1. The molecule has 0 aliphatic carbocycles. The summed E-state index contributed by atoms with van der Waals surface area (Å²) in [6, 6.07) is 4.44. The van der Waals surface area contributed by atoms with Gasteiger partial charge in [-0.25, -0.2) is 0 Å². The summed E-state index contributed by atoms with van der Waals surface area (Å²) in [5.41, 5.74) is 0. The largest absolute Gasteiger partial charge is 0.396 e. The predicted octanol–water partition coefficient (Wildman–Crippen LogP) is 2.21. The van der Waals surface area contributed by atoms with Crippen LogP contribution in [-0.4, -0.2) is 66.4 Å². The van der Waals surface area contributed by atoms with E-state index in [9.17, 15) is 5.11 Å². The summed E-state index contributed by atoms with van der Waals surface area (Å²) in [5, 5.41) is 9.79. The first-order valence-electron chi connectivity index (χ1n) is 8.80. The molecule has 4 atom stereocenters. The average molecular weight is 339 g/mol. The van der Waals surface area contributed by atoms with Gasteiger partial charge in [0.25, 0.3) is 0 Å². The van der Waals surface area contributed by atoms with Gasteiger partial charge < -0.3 is 9.84 Å². The summed E-state index contributed by atoms with van der Waals surface area (Å²) in [6.45, 7) is 13.1. The van der Waals surface area contributed by atoms with Gasteiger partial charge in [-0.15, -0.1) is 11.3 Å². The van der Waals surface area contributed by atoms with Crippen molar-refractivity contribution in [1.29, 1.82) is 0 Å². The number of hydrogen-bond acceptors (Lipinski definition) is 5. The van der Waals surface area contributed by atoms with Crippen LogP contribution in [0.3, 0.4) is 0 Å². The molecule has 3 rings (SSSR count). The van der Waals surface area contributed by atoms with Crippen molar-refractivity contribution in [2.45, 2.75) is 39.5 Å². The van der Waals surface area contributed by atoms with Gasteiger partial charge in [-0.05, 0) is 44.7 Å². The van der Waals surface area contributed by atoms with Crippen molar-refractivity contribution in [2.24, 2.45) is 11.8 Å². The smallest absolute Gasteiger partial charge is 0.0678 e. The van der Waals surface area contributed by atoms with E-state index in [-0.39, 0.29) is 0 Å². The number of rotatable bonds is 5. The monoisotopic (exact) mass is 338 g/mol. The Morgan fingerprint density at radius 2 is 1.78 bits per heavy atom. The highest BCUT2D eigenvalue weighted by Crippen LogP contribution is 2.28. The number of hydrogen-bond donors (Lipinski definition) is 1. The van der Waals surface area contributed by atoms with Crippen LogP contribution in [0, 0.1) is 18.8 Å². The lowest BCUT2D eigenvalue weighted by atomic mass is 9.96. The Hall–Kier alpha value is -0.460. The molecule has 4 nitrogen and oxygen atoms in total. The number of morpholine rings is 1. The minimum absolute atomic E-state index is 0.306. The van der Waals surface area contributed by atoms with Crippen molar-refractivity contribution in [3.05, 3.63) is 21.9 Å². The summed E-state index contributed by atoms with van der Waals surface area (Å²) in [6.07, 6.45) is 0.635. The van der Waals surface area contributed by atoms with E-state index in [0.717, 1.165) is 39.3 Å². The average Bonchev–Trinajstić information content (AvgIpc) is 3.04. The maximum absolute atomic E-state index is 9.79. The molecule has 3 heterocycles. The Bertz CT molecular complexity index is 497. The van der Waals surface area contributed by atoms with Crippen LogP contribution in [0.25, 0.3) is 0 Å².